The highest BCUT2D eigenvalue weighted by Crippen LogP contribution is 2.35. The number of amides is 1. The Labute approximate surface area is 199 Å². The van der Waals surface area contributed by atoms with Gasteiger partial charge in [0.15, 0.2) is 5.16 Å². The first kappa shape index (κ1) is 21.7. The summed E-state index contributed by atoms with van der Waals surface area (Å²) in [6.45, 7) is 0. The van der Waals surface area contributed by atoms with Crippen molar-refractivity contribution in [3.63, 3.8) is 0 Å². The third kappa shape index (κ3) is 4.41. The number of ether oxygens (including phenoxy) is 1. The van der Waals surface area contributed by atoms with E-state index in [-0.39, 0.29) is 17.2 Å². The predicted molar refractivity (Wildman–Crippen MR) is 134 cm³/mol. The van der Waals surface area contributed by atoms with E-state index in [2.05, 4.69) is 5.32 Å². The number of methoxy groups -OCH3 is 1. The van der Waals surface area contributed by atoms with Crippen molar-refractivity contribution in [3.8, 4) is 11.4 Å². The van der Waals surface area contributed by atoms with Gasteiger partial charge in [0.1, 0.15) is 10.6 Å². The maximum Gasteiger partial charge on any atom is 0.267 e. The zero-order valence-electron chi connectivity index (χ0n) is 18.2. The Morgan fingerprint density at radius 1 is 1.12 bits per heavy atom. The van der Waals surface area contributed by atoms with E-state index in [9.17, 15) is 9.59 Å². The zero-order chi connectivity index (χ0) is 22.8. The fourth-order valence-electron chi connectivity index (χ4n) is 4.09. The number of thiophene rings is 1. The lowest BCUT2D eigenvalue weighted by Gasteiger charge is -2.13. The van der Waals surface area contributed by atoms with Gasteiger partial charge < -0.3 is 10.1 Å². The molecule has 0 bridgehead atoms. The molecule has 0 fully saturated rings. The van der Waals surface area contributed by atoms with Crippen molar-refractivity contribution in [1.29, 1.82) is 0 Å². The van der Waals surface area contributed by atoms with Gasteiger partial charge in [-0.15, -0.1) is 11.3 Å². The van der Waals surface area contributed by atoms with Crippen LogP contribution >= 0.6 is 23.1 Å². The number of hydrogen-bond acceptors (Lipinski definition) is 6. The number of hydrogen-bond donors (Lipinski definition) is 1. The number of para-hydroxylation sites is 1. The standard InChI is InChI=1S/C25H23N3O3S2/c1-31-18-13-11-16(12-14-18)26-21(29)15-32-25-27-23-22(19-9-5-6-10-20(19)33-23)24(30)28(25)17-7-3-2-4-8-17/h2-4,7-8,11-14H,5-6,9-10,15H2,1H3,(H,26,29). The van der Waals surface area contributed by atoms with Crippen molar-refractivity contribution in [3.05, 3.63) is 75.4 Å². The molecule has 2 aromatic heterocycles. The molecule has 6 nitrogen and oxygen atoms in total. The molecule has 1 aliphatic carbocycles. The van der Waals surface area contributed by atoms with Gasteiger partial charge in [0, 0.05) is 10.6 Å². The number of nitrogens with one attached hydrogen (secondary N) is 1. The minimum Gasteiger partial charge on any atom is -0.497 e. The predicted octanol–water partition coefficient (Wildman–Crippen LogP) is 5.07. The zero-order valence-corrected chi connectivity index (χ0v) is 19.8. The molecule has 0 spiro atoms. The van der Waals surface area contributed by atoms with Gasteiger partial charge in [-0.3, -0.25) is 14.2 Å². The average molecular weight is 478 g/mol. The lowest BCUT2D eigenvalue weighted by atomic mass is 9.97. The highest BCUT2D eigenvalue weighted by molar-refractivity contribution is 7.99. The summed E-state index contributed by atoms with van der Waals surface area (Å²) in [5.41, 5.74) is 2.56. The molecule has 1 aliphatic rings. The number of thioether (sulfide) groups is 1. The number of benzene rings is 2. The minimum absolute atomic E-state index is 0.0522. The molecule has 0 atom stereocenters. The van der Waals surface area contributed by atoms with E-state index in [0.717, 1.165) is 52.9 Å². The Kier molecular flexibility index (Phi) is 6.20. The summed E-state index contributed by atoms with van der Waals surface area (Å²) in [5, 5.41) is 4.16. The van der Waals surface area contributed by atoms with Crippen LogP contribution in [0.4, 0.5) is 5.69 Å². The van der Waals surface area contributed by atoms with Gasteiger partial charge in [-0.1, -0.05) is 30.0 Å². The molecule has 0 saturated heterocycles. The van der Waals surface area contributed by atoms with E-state index < -0.39 is 0 Å². The van der Waals surface area contributed by atoms with Crippen LogP contribution in [0.1, 0.15) is 23.3 Å². The number of aryl methyl sites for hydroxylation is 2. The number of anilines is 1. The second kappa shape index (κ2) is 9.41. The fraction of sp³-hybridized carbons (Fsp3) is 0.240. The smallest absolute Gasteiger partial charge is 0.267 e. The van der Waals surface area contributed by atoms with E-state index in [0.29, 0.717) is 10.8 Å². The molecule has 4 aromatic rings. The minimum atomic E-state index is -0.162. The number of aromatic nitrogens is 2. The van der Waals surface area contributed by atoms with Gasteiger partial charge in [-0.25, -0.2) is 4.98 Å². The van der Waals surface area contributed by atoms with Gasteiger partial charge in [0.2, 0.25) is 5.91 Å². The highest BCUT2D eigenvalue weighted by atomic mass is 32.2. The van der Waals surface area contributed by atoms with E-state index in [1.165, 1.54) is 16.6 Å². The van der Waals surface area contributed by atoms with Crippen molar-refractivity contribution in [2.45, 2.75) is 30.8 Å². The summed E-state index contributed by atoms with van der Waals surface area (Å²) in [5.74, 6) is 0.706. The molecule has 5 rings (SSSR count). The first-order valence-electron chi connectivity index (χ1n) is 10.8. The van der Waals surface area contributed by atoms with Crippen LogP contribution in [0.5, 0.6) is 5.75 Å². The third-order valence-electron chi connectivity index (χ3n) is 5.68. The molecule has 2 heterocycles. The molecule has 1 N–H and O–H groups in total. The monoisotopic (exact) mass is 477 g/mol. The molecule has 8 heteroatoms. The summed E-state index contributed by atoms with van der Waals surface area (Å²) < 4.78 is 6.80. The summed E-state index contributed by atoms with van der Waals surface area (Å²) >= 11 is 2.90. The Hall–Kier alpha value is -3.10. The molecule has 1 amide bonds. The Bertz CT molecular complexity index is 1360. The summed E-state index contributed by atoms with van der Waals surface area (Å²) in [6, 6.07) is 16.7. The third-order valence-corrected chi connectivity index (χ3v) is 7.80. The summed E-state index contributed by atoms with van der Waals surface area (Å²) in [6.07, 6.45) is 4.19. The Morgan fingerprint density at radius 3 is 2.64 bits per heavy atom. The largest absolute Gasteiger partial charge is 0.497 e. The average Bonchev–Trinajstić information content (AvgIpc) is 3.22. The first-order chi connectivity index (χ1) is 16.1. The maximum atomic E-state index is 13.7. The van der Waals surface area contributed by atoms with Gasteiger partial charge in [0.25, 0.3) is 5.56 Å². The van der Waals surface area contributed by atoms with Crippen LogP contribution in [0, 0.1) is 0 Å². The second-order valence-corrected chi connectivity index (χ2v) is 9.85. The second-order valence-electron chi connectivity index (χ2n) is 7.83. The van der Waals surface area contributed by atoms with Crippen LogP contribution in [-0.4, -0.2) is 28.3 Å². The molecule has 2 aromatic carbocycles. The summed E-state index contributed by atoms with van der Waals surface area (Å²) in [4.78, 5) is 33.2. The van der Waals surface area contributed by atoms with E-state index in [4.69, 9.17) is 9.72 Å². The molecule has 0 aliphatic heterocycles. The topological polar surface area (TPSA) is 73.2 Å². The number of carbonyl (C=O) groups excluding carboxylic acids is 1. The normalized spacial score (nSPS) is 13.0. The van der Waals surface area contributed by atoms with E-state index in [1.54, 1.807) is 47.3 Å². The number of carbonyl (C=O) groups is 1. The maximum absolute atomic E-state index is 13.7. The Balaban J connectivity index is 1.47. The van der Waals surface area contributed by atoms with E-state index >= 15 is 0 Å². The van der Waals surface area contributed by atoms with Crippen molar-refractivity contribution in [2.75, 3.05) is 18.2 Å². The first-order valence-corrected chi connectivity index (χ1v) is 12.6. The molecule has 168 valence electrons. The van der Waals surface area contributed by atoms with Crippen LogP contribution < -0.4 is 15.6 Å². The van der Waals surface area contributed by atoms with E-state index in [1.807, 2.05) is 30.3 Å². The molecule has 0 unspecified atom stereocenters. The quantitative estimate of drug-likeness (QED) is 0.310. The Morgan fingerprint density at radius 2 is 1.88 bits per heavy atom. The molecular formula is C25H23N3O3S2. The number of rotatable bonds is 6. The van der Waals surface area contributed by atoms with Crippen LogP contribution in [0.25, 0.3) is 15.9 Å². The van der Waals surface area contributed by atoms with Gasteiger partial charge in [0.05, 0.1) is 23.9 Å². The van der Waals surface area contributed by atoms with Crippen molar-refractivity contribution in [1.82, 2.24) is 9.55 Å². The lowest BCUT2D eigenvalue weighted by molar-refractivity contribution is -0.113. The van der Waals surface area contributed by atoms with Crippen LogP contribution in [0.3, 0.4) is 0 Å². The fourth-order valence-corrected chi connectivity index (χ4v) is 6.20. The van der Waals surface area contributed by atoms with Gasteiger partial charge in [-0.2, -0.15) is 0 Å². The van der Waals surface area contributed by atoms with Crippen LogP contribution in [-0.2, 0) is 17.6 Å². The number of fused-ring (bicyclic) bond motifs is 3. The molecule has 33 heavy (non-hydrogen) atoms. The van der Waals surface area contributed by atoms with Crippen molar-refractivity contribution in [2.24, 2.45) is 0 Å². The SMILES string of the molecule is COc1ccc(NC(=O)CSc2nc3sc4c(c3c(=O)n2-c2ccccc2)CCCC4)cc1. The lowest BCUT2D eigenvalue weighted by Crippen LogP contribution is -2.23. The number of nitrogens with zero attached hydrogens (tertiary/aromatic N) is 2. The van der Waals surface area contributed by atoms with Crippen molar-refractivity contribution < 1.29 is 9.53 Å². The van der Waals surface area contributed by atoms with Gasteiger partial charge >= 0.3 is 0 Å². The molecule has 0 radical (unpaired) electrons. The van der Waals surface area contributed by atoms with Gasteiger partial charge in [-0.05, 0) is 67.6 Å². The molecular weight excluding hydrogens is 454 g/mol. The summed E-state index contributed by atoms with van der Waals surface area (Å²) in [7, 11) is 1.60. The highest BCUT2D eigenvalue weighted by Gasteiger charge is 2.23. The molecule has 0 saturated carbocycles. The van der Waals surface area contributed by atoms with Crippen molar-refractivity contribution >= 4 is 44.9 Å². The van der Waals surface area contributed by atoms with Crippen LogP contribution in [0.15, 0.2) is 64.5 Å². The van der Waals surface area contributed by atoms with Crippen LogP contribution in [0.2, 0.25) is 0 Å².